The maximum Gasteiger partial charge on any atom is 0.180 e. The van der Waals surface area contributed by atoms with Crippen LogP contribution in [0, 0.1) is 3.57 Å². The van der Waals surface area contributed by atoms with Crippen molar-refractivity contribution in [3.8, 4) is 0 Å². The Balaban J connectivity index is 1.95. The van der Waals surface area contributed by atoms with Crippen LogP contribution in [0.1, 0.15) is 11.3 Å². The molecule has 17 heavy (non-hydrogen) atoms. The van der Waals surface area contributed by atoms with Gasteiger partial charge in [0.25, 0.3) is 0 Å². The van der Waals surface area contributed by atoms with Crippen LogP contribution in [0.5, 0.6) is 0 Å². The van der Waals surface area contributed by atoms with Gasteiger partial charge in [0.2, 0.25) is 0 Å². The lowest BCUT2D eigenvalue weighted by Gasteiger charge is -2.00. The van der Waals surface area contributed by atoms with Gasteiger partial charge in [-0.3, -0.25) is 4.79 Å². The molecule has 3 nitrogen and oxygen atoms in total. The van der Waals surface area contributed by atoms with Gasteiger partial charge >= 0.3 is 0 Å². The van der Waals surface area contributed by atoms with Gasteiger partial charge in [-0.05, 0) is 40.3 Å². The van der Waals surface area contributed by atoms with E-state index in [-0.39, 0.29) is 5.78 Å². The molecule has 0 spiro atoms. The standard InChI is InChI=1S/C12H11IN2OS/c13-9-3-1-8(2-4-9)5-11(16)6-10-7-17-12(14)15-10/h1-4,7H,5-6H2,(H2,14,15). The molecule has 0 fully saturated rings. The summed E-state index contributed by atoms with van der Waals surface area (Å²) in [5, 5.41) is 2.35. The van der Waals surface area contributed by atoms with Gasteiger partial charge in [0.15, 0.2) is 5.13 Å². The van der Waals surface area contributed by atoms with E-state index in [1.807, 2.05) is 29.6 Å². The molecule has 0 saturated heterocycles. The number of anilines is 1. The first-order chi connectivity index (χ1) is 8.13. The summed E-state index contributed by atoms with van der Waals surface area (Å²) in [6.45, 7) is 0. The zero-order chi connectivity index (χ0) is 12.3. The normalized spacial score (nSPS) is 10.4. The van der Waals surface area contributed by atoms with Crippen LogP contribution in [-0.4, -0.2) is 10.8 Å². The molecule has 2 rings (SSSR count). The summed E-state index contributed by atoms with van der Waals surface area (Å²) in [6.07, 6.45) is 0.814. The molecular formula is C12H11IN2OS. The number of hydrogen-bond acceptors (Lipinski definition) is 4. The molecule has 0 saturated carbocycles. The number of thiazole rings is 1. The Morgan fingerprint density at radius 3 is 2.59 bits per heavy atom. The lowest BCUT2D eigenvalue weighted by molar-refractivity contribution is -0.117. The number of carbonyl (C=O) groups excluding carboxylic acids is 1. The Hall–Kier alpha value is -0.950. The molecule has 0 amide bonds. The van der Waals surface area contributed by atoms with Crippen LogP contribution in [0.4, 0.5) is 5.13 Å². The van der Waals surface area contributed by atoms with Crippen LogP contribution in [0.2, 0.25) is 0 Å². The van der Waals surface area contributed by atoms with Crippen LogP contribution in [0.3, 0.4) is 0 Å². The van der Waals surface area contributed by atoms with Crippen LogP contribution in [0.15, 0.2) is 29.6 Å². The molecule has 0 atom stereocenters. The number of nitrogens with two attached hydrogens (primary N) is 1. The summed E-state index contributed by atoms with van der Waals surface area (Å²) in [4.78, 5) is 15.9. The summed E-state index contributed by atoms with van der Waals surface area (Å²) in [5.74, 6) is 0.163. The summed E-state index contributed by atoms with van der Waals surface area (Å²) in [6, 6.07) is 7.97. The molecule has 5 heteroatoms. The average Bonchev–Trinajstić information content (AvgIpc) is 2.67. The lowest BCUT2D eigenvalue weighted by Crippen LogP contribution is -2.06. The first kappa shape index (κ1) is 12.5. The Kier molecular flexibility index (Phi) is 4.11. The number of nitrogens with zero attached hydrogens (tertiary/aromatic N) is 1. The van der Waals surface area contributed by atoms with E-state index in [2.05, 4.69) is 27.6 Å². The van der Waals surface area contributed by atoms with Gasteiger partial charge in [0, 0.05) is 21.8 Å². The molecule has 0 aliphatic rings. The van der Waals surface area contributed by atoms with E-state index < -0.39 is 0 Å². The van der Waals surface area contributed by atoms with E-state index in [0.29, 0.717) is 18.0 Å². The Labute approximate surface area is 117 Å². The monoisotopic (exact) mass is 358 g/mol. The molecule has 0 radical (unpaired) electrons. The average molecular weight is 358 g/mol. The molecule has 1 heterocycles. The summed E-state index contributed by atoms with van der Waals surface area (Å²) >= 11 is 3.61. The summed E-state index contributed by atoms with van der Waals surface area (Å²) in [7, 11) is 0. The molecule has 0 unspecified atom stereocenters. The third-order valence-corrected chi connectivity index (χ3v) is 3.70. The number of Topliss-reactive ketones (excluding diaryl/α,β-unsaturated/α-hetero) is 1. The predicted molar refractivity (Wildman–Crippen MR) is 78.1 cm³/mol. The van der Waals surface area contributed by atoms with Crippen molar-refractivity contribution in [2.24, 2.45) is 0 Å². The Morgan fingerprint density at radius 2 is 2.00 bits per heavy atom. The molecule has 88 valence electrons. The van der Waals surface area contributed by atoms with Gasteiger partial charge < -0.3 is 5.73 Å². The van der Waals surface area contributed by atoms with Crippen LogP contribution in [0.25, 0.3) is 0 Å². The van der Waals surface area contributed by atoms with E-state index in [0.717, 1.165) is 11.3 Å². The highest BCUT2D eigenvalue weighted by atomic mass is 127. The minimum Gasteiger partial charge on any atom is -0.375 e. The first-order valence-electron chi connectivity index (χ1n) is 5.09. The maximum atomic E-state index is 11.8. The molecule has 0 aliphatic carbocycles. The quantitative estimate of drug-likeness (QED) is 0.855. The van der Waals surface area contributed by atoms with E-state index in [1.54, 1.807) is 0 Å². The third-order valence-electron chi connectivity index (χ3n) is 2.26. The number of ketones is 1. The first-order valence-corrected chi connectivity index (χ1v) is 7.05. The fourth-order valence-electron chi connectivity index (χ4n) is 1.50. The number of aromatic nitrogens is 1. The van der Waals surface area contributed by atoms with Gasteiger partial charge in [0.05, 0.1) is 5.69 Å². The highest BCUT2D eigenvalue weighted by Crippen LogP contribution is 2.13. The topological polar surface area (TPSA) is 56.0 Å². The minimum absolute atomic E-state index is 0.163. The van der Waals surface area contributed by atoms with Crippen molar-refractivity contribution in [2.45, 2.75) is 12.8 Å². The number of rotatable bonds is 4. The smallest absolute Gasteiger partial charge is 0.180 e. The number of carbonyl (C=O) groups is 1. The maximum absolute atomic E-state index is 11.8. The largest absolute Gasteiger partial charge is 0.375 e. The number of hydrogen-bond donors (Lipinski definition) is 1. The van der Waals surface area contributed by atoms with E-state index >= 15 is 0 Å². The molecule has 1 aromatic carbocycles. The van der Waals surface area contributed by atoms with E-state index in [9.17, 15) is 4.79 Å². The van der Waals surface area contributed by atoms with Crippen molar-refractivity contribution in [3.05, 3.63) is 44.5 Å². The second-order valence-electron chi connectivity index (χ2n) is 3.70. The van der Waals surface area contributed by atoms with E-state index in [1.165, 1.54) is 14.9 Å². The fraction of sp³-hybridized carbons (Fsp3) is 0.167. The van der Waals surface area contributed by atoms with Crippen molar-refractivity contribution in [1.29, 1.82) is 0 Å². The molecule has 2 aromatic rings. The highest BCUT2D eigenvalue weighted by Gasteiger charge is 2.07. The second-order valence-corrected chi connectivity index (χ2v) is 5.83. The summed E-state index contributed by atoms with van der Waals surface area (Å²) in [5.41, 5.74) is 7.33. The van der Waals surface area contributed by atoms with Gasteiger partial charge in [-0.25, -0.2) is 4.98 Å². The SMILES string of the molecule is Nc1nc(CC(=O)Cc2ccc(I)cc2)cs1. The van der Waals surface area contributed by atoms with Gasteiger partial charge in [0.1, 0.15) is 5.78 Å². The van der Waals surface area contributed by atoms with Crippen LogP contribution in [-0.2, 0) is 17.6 Å². The lowest BCUT2D eigenvalue weighted by atomic mass is 10.1. The van der Waals surface area contributed by atoms with Crippen LogP contribution >= 0.6 is 33.9 Å². The number of benzene rings is 1. The molecular weight excluding hydrogens is 347 g/mol. The Morgan fingerprint density at radius 1 is 1.29 bits per heavy atom. The molecule has 1 aromatic heterocycles. The van der Waals surface area contributed by atoms with Gasteiger partial charge in [-0.2, -0.15) is 0 Å². The number of nitrogen functional groups attached to an aromatic ring is 1. The Bertz CT molecular complexity index is 522. The number of halogens is 1. The minimum atomic E-state index is 0.163. The summed E-state index contributed by atoms with van der Waals surface area (Å²) < 4.78 is 1.17. The zero-order valence-electron chi connectivity index (χ0n) is 9.02. The van der Waals surface area contributed by atoms with Gasteiger partial charge in [-0.15, -0.1) is 11.3 Å². The van der Waals surface area contributed by atoms with Gasteiger partial charge in [-0.1, -0.05) is 12.1 Å². The van der Waals surface area contributed by atoms with Crippen molar-refractivity contribution in [2.75, 3.05) is 5.73 Å². The third kappa shape index (κ3) is 3.78. The highest BCUT2D eigenvalue weighted by molar-refractivity contribution is 14.1. The van der Waals surface area contributed by atoms with Crippen molar-refractivity contribution >= 4 is 44.8 Å². The molecule has 0 aliphatic heterocycles. The van der Waals surface area contributed by atoms with Crippen LogP contribution < -0.4 is 5.73 Å². The fourth-order valence-corrected chi connectivity index (χ4v) is 2.42. The zero-order valence-corrected chi connectivity index (χ0v) is 12.0. The van der Waals surface area contributed by atoms with E-state index in [4.69, 9.17) is 5.73 Å². The van der Waals surface area contributed by atoms with Crippen molar-refractivity contribution < 1.29 is 4.79 Å². The molecule has 0 bridgehead atoms. The molecule has 2 N–H and O–H groups in total. The predicted octanol–water partition coefficient (Wildman–Crippen LogP) is 2.68. The second kappa shape index (κ2) is 5.59. The van der Waals surface area contributed by atoms with Crippen molar-refractivity contribution in [3.63, 3.8) is 0 Å². The van der Waals surface area contributed by atoms with Crippen molar-refractivity contribution in [1.82, 2.24) is 4.98 Å².